The van der Waals surface area contributed by atoms with Crippen molar-refractivity contribution in [1.29, 1.82) is 0 Å². The minimum absolute atomic E-state index is 0.0187. The number of halogens is 1. The summed E-state index contributed by atoms with van der Waals surface area (Å²) in [5.41, 5.74) is 5.14. The smallest absolute Gasteiger partial charge is 0.214 e. The zero-order valence-corrected chi connectivity index (χ0v) is 54.0. The number of carbonyl (C=O) groups is 1. The van der Waals surface area contributed by atoms with Crippen LogP contribution in [0.15, 0.2) is 29.4 Å². The second-order valence-electron chi connectivity index (χ2n) is 31.3. The number of hydrazine groups is 1. The molecular formula is C64H109FN10O3. The highest BCUT2D eigenvalue weighted by atomic mass is 19.1. The van der Waals surface area contributed by atoms with Gasteiger partial charge in [0.05, 0.1) is 53.0 Å². The molecule has 0 bridgehead atoms. The van der Waals surface area contributed by atoms with Gasteiger partial charge in [0.1, 0.15) is 11.3 Å². The lowest BCUT2D eigenvalue weighted by atomic mass is 9.75. The van der Waals surface area contributed by atoms with Crippen molar-refractivity contribution in [2.75, 3.05) is 20.7 Å². The largest absolute Gasteiger partial charge is 0.390 e. The Morgan fingerprint density at radius 3 is 1.78 bits per heavy atom. The Morgan fingerprint density at radius 2 is 1.26 bits per heavy atom. The van der Waals surface area contributed by atoms with Crippen molar-refractivity contribution < 1.29 is 18.8 Å². The summed E-state index contributed by atoms with van der Waals surface area (Å²) in [4.78, 5) is 18.0. The van der Waals surface area contributed by atoms with Crippen LogP contribution in [0.1, 0.15) is 245 Å². The van der Waals surface area contributed by atoms with Crippen LogP contribution in [0, 0.1) is 34.0 Å². The molecule has 4 unspecified atom stereocenters. The predicted octanol–water partition coefficient (Wildman–Crippen LogP) is 15.1. The number of ketones is 1. The van der Waals surface area contributed by atoms with Crippen LogP contribution in [-0.4, -0.2) is 88.5 Å². The molecule has 3 aliphatic carbocycles. The second-order valence-corrected chi connectivity index (χ2v) is 31.3. The van der Waals surface area contributed by atoms with E-state index in [0.717, 1.165) is 68.7 Å². The summed E-state index contributed by atoms with van der Waals surface area (Å²) in [6, 6.07) is 9.29. The van der Waals surface area contributed by atoms with Crippen LogP contribution < -0.4 is 0 Å². The highest BCUT2D eigenvalue weighted by Gasteiger charge is 2.51. The predicted molar refractivity (Wildman–Crippen MR) is 319 cm³/mol. The van der Waals surface area contributed by atoms with Crippen molar-refractivity contribution in [1.82, 2.24) is 44.6 Å². The first-order chi connectivity index (χ1) is 35.4. The van der Waals surface area contributed by atoms with Gasteiger partial charge < -0.3 is 14.1 Å². The molecule has 78 heavy (non-hydrogen) atoms. The number of para-hydroxylation sites is 1. The number of oxime groups is 1. The summed E-state index contributed by atoms with van der Waals surface area (Å²) in [5.74, 6) is 2.07. The monoisotopic (exact) mass is 1080 g/mol. The Hall–Kier alpha value is -4.01. The number of Topliss-reactive ketones (excluding diaryl/α,β-unsaturated/α-hetero) is 1. The first-order valence-corrected chi connectivity index (χ1v) is 29.4. The molecule has 5 atom stereocenters. The minimum Gasteiger partial charge on any atom is -0.390 e. The molecule has 8 rings (SSSR count). The molecule has 1 fully saturated rings. The van der Waals surface area contributed by atoms with Gasteiger partial charge in [-0.3, -0.25) is 4.79 Å². The number of aryl methyl sites for hydroxylation is 1. The maximum atomic E-state index is 15.8. The molecule has 0 N–H and O–H groups in total. The van der Waals surface area contributed by atoms with Crippen molar-refractivity contribution in [3.8, 4) is 0 Å². The molecule has 1 aromatic carbocycles. The first kappa shape index (κ1) is 64.8. The van der Waals surface area contributed by atoms with Gasteiger partial charge in [0, 0.05) is 58.8 Å². The highest BCUT2D eigenvalue weighted by molar-refractivity contribution is 5.92. The Labute approximate surface area is 472 Å². The molecule has 14 heteroatoms. The summed E-state index contributed by atoms with van der Waals surface area (Å²) in [6.07, 6.45) is 10.1. The maximum absolute atomic E-state index is 15.8. The molecule has 4 aromatic rings. The van der Waals surface area contributed by atoms with Crippen molar-refractivity contribution in [3.05, 3.63) is 58.3 Å². The molecule has 13 nitrogen and oxygen atoms in total. The fourth-order valence-electron chi connectivity index (χ4n) is 11.6. The number of carbonyl (C=O) groups excluding carboxylic acids is 1. The van der Waals surface area contributed by atoms with Crippen LogP contribution in [0.25, 0.3) is 10.9 Å². The van der Waals surface area contributed by atoms with Crippen LogP contribution in [0.3, 0.4) is 0 Å². The van der Waals surface area contributed by atoms with Gasteiger partial charge in [-0.1, -0.05) is 103 Å². The van der Waals surface area contributed by atoms with E-state index in [4.69, 9.17) is 9.57 Å². The quantitative estimate of drug-likeness (QED) is 0.145. The third kappa shape index (κ3) is 16.1. The van der Waals surface area contributed by atoms with Gasteiger partial charge >= 0.3 is 0 Å². The van der Waals surface area contributed by atoms with Crippen LogP contribution in [-0.2, 0) is 62.5 Å². The number of alkyl halides is 1. The number of hydrogen-bond donors (Lipinski definition) is 0. The van der Waals surface area contributed by atoms with Gasteiger partial charge in [0.2, 0.25) is 5.67 Å². The second kappa shape index (κ2) is 23.5. The maximum Gasteiger partial charge on any atom is 0.214 e. The third-order valence-corrected chi connectivity index (χ3v) is 15.2. The zero-order valence-electron chi connectivity index (χ0n) is 54.0. The van der Waals surface area contributed by atoms with Crippen LogP contribution in [0.4, 0.5) is 4.39 Å². The molecule has 3 aromatic heterocycles. The Kier molecular flexibility index (Phi) is 19.5. The Balaban J connectivity index is 0.000000197. The van der Waals surface area contributed by atoms with Gasteiger partial charge in [0.25, 0.3) is 0 Å². The molecule has 4 aliphatic rings. The summed E-state index contributed by atoms with van der Waals surface area (Å²) in [7, 11) is 4.43. The first-order valence-electron chi connectivity index (χ1n) is 29.4. The number of fused-ring (bicyclic) bond motifs is 6. The fraction of sp³-hybridized carbons (Fsp3) is 0.781. The van der Waals surface area contributed by atoms with Crippen LogP contribution in [0.2, 0.25) is 0 Å². The van der Waals surface area contributed by atoms with E-state index in [-0.39, 0.29) is 56.5 Å². The summed E-state index contributed by atoms with van der Waals surface area (Å²) in [5, 5.41) is 27.3. The standard InChI is InChI=1S/C20H31N3.C18H31N3O.C17H28FN3O.C9H19NO/c1-19(2,3)18-17-14-11-9-10-12-15(14)23(20(4,5)6)16(17)13-21(7)22(18)8;1-17(2,3)21-16-10-8-13-12(7-9-15(16)19-20-21)14(13)11-22-18(4,5)6;1-15(2,3)14(22)17(18)11-9-7-8-10-12-13(17)19-20-21(12)16(4,5)6;1-8(2,3)7-10-11-9(4,5)6/h9-12,18H,13H2,1-8H3;12-14H,7-11H2,1-6H3;7-11H2,1-6H3;7H,1-6H3/b;;;10-7+/t;12?,13?,14-;;/m.0../s1. The topological polar surface area (TPSA) is 121 Å². The summed E-state index contributed by atoms with van der Waals surface area (Å²) in [6.45, 7) is 52.5. The van der Waals surface area contributed by atoms with Gasteiger partial charge in [-0.15, -0.1) is 10.2 Å². The molecule has 0 radical (unpaired) electrons. The van der Waals surface area contributed by atoms with Crippen LogP contribution in [0.5, 0.6) is 0 Å². The fourth-order valence-corrected chi connectivity index (χ4v) is 11.6. The van der Waals surface area contributed by atoms with E-state index in [1.807, 2.05) is 47.8 Å². The van der Waals surface area contributed by atoms with Gasteiger partial charge in [-0.2, -0.15) is 0 Å². The van der Waals surface area contributed by atoms with Crippen molar-refractivity contribution in [2.45, 2.75) is 270 Å². The average Bonchev–Trinajstić information content (AvgIpc) is 3.55. The van der Waals surface area contributed by atoms with Gasteiger partial charge in [-0.25, -0.2) is 23.8 Å². The number of rotatable bonds is 4. The SMILES string of the molecule is CC(C)(C)/C=N/OC(C)(C)C.CC(C)(C)C(=O)C1(F)CCCCCc2c1nnn2C(C)(C)C.CC(C)(C)OC[C@H]1C2CCc3nnn(C(C)(C)C)c3CCC21.CN1Cc2c(c3ccccc3n2C(C)(C)C)C(C(C)(C)C)N1C. The van der Waals surface area contributed by atoms with Crippen LogP contribution >= 0.6 is 0 Å². The van der Waals surface area contributed by atoms with Gasteiger partial charge in [0.15, 0.2) is 5.78 Å². The lowest BCUT2D eigenvalue weighted by molar-refractivity contribution is -0.140. The van der Waals surface area contributed by atoms with Crippen molar-refractivity contribution in [3.63, 3.8) is 0 Å². The number of hydrogen-bond acceptors (Lipinski definition) is 10. The van der Waals surface area contributed by atoms with Crippen molar-refractivity contribution >= 4 is 22.9 Å². The van der Waals surface area contributed by atoms with Gasteiger partial charge in [-0.05, 0) is 184 Å². The molecule has 0 spiro atoms. The molecule has 1 aliphatic heterocycles. The number of aromatic nitrogens is 7. The molecule has 0 saturated heterocycles. The minimum atomic E-state index is -2.02. The third-order valence-electron chi connectivity index (χ3n) is 15.2. The lowest BCUT2D eigenvalue weighted by Gasteiger charge is -2.47. The number of ether oxygens (including phenoxy) is 1. The molecule has 1 saturated carbocycles. The highest BCUT2D eigenvalue weighted by Crippen LogP contribution is 2.54. The Bertz CT molecular complexity index is 2660. The number of nitrogens with zero attached hydrogens (tertiary/aromatic N) is 10. The lowest BCUT2D eigenvalue weighted by Crippen LogP contribution is -2.48. The van der Waals surface area contributed by atoms with E-state index in [0.29, 0.717) is 12.5 Å². The average molecular weight is 1090 g/mol. The zero-order chi connectivity index (χ0) is 59.2. The number of benzene rings is 1. The molecule has 4 heterocycles. The van der Waals surface area contributed by atoms with E-state index in [2.05, 4.69) is 187 Å². The molecule has 0 amide bonds. The molecular weight excluding hydrogens is 976 g/mol. The Morgan fingerprint density at radius 1 is 0.692 bits per heavy atom. The van der Waals surface area contributed by atoms with E-state index < -0.39 is 11.1 Å². The van der Waals surface area contributed by atoms with E-state index in [1.165, 1.54) is 46.4 Å². The normalized spacial score (nSPS) is 22.9. The summed E-state index contributed by atoms with van der Waals surface area (Å²) >= 11 is 0. The summed E-state index contributed by atoms with van der Waals surface area (Å²) < 4.78 is 28.4. The van der Waals surface area contributed by atoms with E-state index in [1.54, 1.807) is 25.5 Å². The van der Waals surface area contributed by atoms with E-state index >= 15 is 4.39 Å². The molecule has 440 valence electrons. The van der Waals surface area contributed by atoms with Crippen molar-refractivity contribution in [2.24, 2.45) is 39.2 Å². The van der Waals surface area contributed by atoms with E-state index in [9.17, 15) is 4.79 Å².